The second-order valence-corrected chi connectivity index (χ2v) is 3.83. The first-order valence-corrected chi connectivity index (χ1v) is 5.57. The minimum Gasteiger partial charge on any atom is -0.495 e. The molecule has 0 bridgehead atoms. The van der Waals surface area contributed by atoms with Crippen LogP contribution in [-0.4, -0.2) is 26.4 Å². The van der Waals surface area contributed by atoms with Gasteiger partial charge >= 0.3 is 6.09 Å². The predicted octanol–water partition coefficient (Wildman–Crippen LogP) is 1.50. The van der Waals surface area contributed by atoms with Gasteiger partial charge in [0, 0.05) is 13.1 Å². The van der Waals surface area contributed by atoms with Crippen LogP contribution in [-0.2, 0) is 11.3 Å². The standard InChI is InChI=1S/C12H16N2O3/c1-16-11-7-9(8-13)3-4-10(11)14-5-2-6-17-12(14)15/h3-4,7H,2,5-6,8,13H2,1H3. The maximum Gasteiger partial charge on any atom is 0.414 e. The smallest absolute Gasteiger partial charge is 0.414 e. The Kier molecular flexibility index (Phi) is 3.49. The fourth-order valence-corrected chi connectivity index (χ4v) is 1.84. The molecule has 5 nitrogen and oxygen atoms in total. The molecule has 1 saturated heterocycles. The Bertz CT molecular complexity index is 420. The number of rotatable bonds is 3. The van der Waals surface area contributed by atoms with Gasteiger partial charge in [-0.3, -0.25) is 4.90 Å². The Morgan fingerprint density at radius 1 is 1.53 bits per heavy atom. The molecule has 0 saturated carbocycles. The summed E-state index contributed by atoms with van der Waals surface area (Å²) in [6, 6.07) is 5.57. The third-order valence-corrected chi connectivity index (χ3v) is 2.74. The summed E-state index contributed by atoms with van der Waals surface area (Å²) in [4.78, 5) is 13.2. The Morgan fingerprint density at radius 3 is 3.00 bits per heavy atom. The lowest BCUT2D eigenvalue weighted by Crippen LogP contribution is -2.37. The first kappa shape index (κ1) is 11.7. The minimum absolute atomic E-state index is 0.324. The Morgan fingerprint density at radius 2 is 2.35 bits per heavy atom. The average molecular weight is 236 g/mol. The lowest BCUT2D eigenvalue weighted by atomic mass is 10.1. The SMILES string of the molecule is COc1cc(CN)ccc1N1CCCOC1=O. The molecule has 1 aromatic carbocycles. The van der Waals surface area contributed by atoms with Gasteiger partial charge in [-0.1, -0.05) is 6.07 Å². The summed E-state index contributed by atoms with van der Waals surface area (Å²) in [6.07, 6.45) is 0.503. The fraction of sp³-hybridized carbons (Fsp3) is 0.417. The number of methoxy groups -OCH3 is 1. The van der Waals surface area contributed by atoms with E-state index in [2.05, 4.69) is 0 Å². The van der Waals surface area contributed by atoms with Crippen molar-refractivity contribution < 1.29 is 14.3 Å². The molecule has 2 N–H and O–H groups in total. The maximum atomic E-state index is 11.6. The number of cyclic esters (lactones) is 1. The van der Waals surface area contributed by atoms with E-state index in [4.69, 9.17) is 15.2 Å². The van der Waals surface area contributed by atoms with E-state index >= 15 is 0 Å². The van der Waals surface area contributed by atoms with Crippen LogP contribution in [0, 0.1) is 0 Å². The number of benzene rings is 1. The number of carbonyl (C=O) groups is 1. The van der Waals surface area contributed by atoms with Crippen LogP contribution < -0.4 is 15.4 Å². The molecule has 2 rings (SSSR count). The molecule has 0 spiro atoms. The van der Waals surface area contributed by atoms with Crippen LogP contribution in [0.25, 0.3) is 0 Å². The molecule has 0 atom stereocenters. The molecule has 92 valence electrons. The number of ether oxygens (including phenoxy) is 2. The second kappa shape index (κ2) is 5.05. The highest BCUT2D eigenvalue weighted by Gasteiger charge is 2.24. The fourth-order valence-electron chi connectivity index (χ4n) is 1.84. The monoisotopic (exact) mass is 236 g/mol. The number of carbonyl (C=O) groups excluding carboxylic acids is 1. The van der Waals surface area contributed by atoms with Crippen LogP contribution in [0.15, 0.2) is 18.2 Å². The molecule has 1 aliphatic rings. The van der Waals surface area contributed by atoms with Gasteiger partial charge < -0.3 is 15.2 Å². The lowest BCUT2D eigenvalue weighted by molar-refractivity contribution is 0.140. The molecule has 1 heterocycles. The second-order valence-electron chi connectivity index (χ2n) is 3.83. The van der Waals surface area contributed by atoms with Gasteiger partial charge in [-0.2, -0.15) is 0 Å². The first-order chi connectivity index (χ1) is 8.26. The van der Waals surface area contributed by atoms with Gasteiger partial charge in [-0.05, 0) is 24.1 Å². The zero-order valence-corrected chi connectivity index (χ0v) is 9.81. The van der Waals surface area contributed by atoms with Crippen LogP contribution in [0.3, 0.4) is 0 Å². The van der Waals surface area contributed by atoms with Crippen LogP contribution in [0.2, 0.25) is 0 Å². The summed E-state index contributed by atoms with van der Waals surface area (Å²) >= 11 is 0. The molecule has 5 heteroatoms. The Labute approximate surface area is 100 Å². The van der Waals surface area contributed by atoms with E-state index < -0.39 is 0 Å². The van der Waals surface area contributed by atoms with Crippen molar-refractivity contribution in [2.45, 2.75) is 13.0 Å². The number of nitrogens with two attached hydrogens (primary N) is 1. The summed E-state index contributed by atoms with van der Waals surface area (Å²) in [5.41, 5.74) is 7.27. The summed E-state index contributed by atoms with van der Waals surface area (Å²) in [6.45, 7) is 1.58. The molecule has 1 amide bonds. The topological polar surface area (TPSA) is 64.8 Å². The highest BCUT2D eigenvalue weighted by Crippen LogP contribution is 2.30. The third-order valence-electron chi connectivity index (χ3n) is 2.74. The molecule has 1 fully saturated rings. The van der Waals surface area contributed by atoms with E-state index in [-0.39, 0.29) is 6.09 Å². The van der Waals surface area contributed by atoms with Crippen molar-refractivity contribution in [3.05, 3.63) is 23.8 Å². The average Bonchev–Trinajstić information content (AvgIpc) is 2.38. The van der Waals surface area contributed by atoms with E-state index in [1.54, 1.807) is 12.0 Å². The van der Waals surface area contributed by atoms with Gasteiger partial charge in [0.05, 0.1) is 19.4 Å². The first-order valence-electron chi connectivity index (χ1n) is 5.57. The molecule has 1 aromatic rings. The zero-order valence-electron chi connectivity index (χ0n) is 9.81. The molecule has 1 aliphatic heterocycles. The van der Waals surface area contributed by atoms with Crippen molar-refractivity contribution in [2.24, 2.45) is 5.73 Å². The normalized spacial score (nSPS) is 15.6. The largest absolute Gasteiger partial charge is 0.495 e. The zero-order chi connectivity index (χ0) is 12.3. The van der Waals surface area contributed by atoms with Crippen LogP contribution in [0.5, 0.6) is 5.75 Å². The summed E-state index contributed by atoms with van der Waals surface area (Å²) in [5.74, 6) is 0.645. The van der Waals surface area contributed by atoms with Crippen molar-refractivity contribution in [1.82, 2.24) is 0 Å². The Balaban J connectivity index is 2.33. The molecule has 17 heavy (non-hydrogen) atoms. The van der Waals surface area contributed by atoms with Crippen molar-refractivity contribution >= 4 is 11.8 Å². The van der Waals surface area contributed by atoms with E-state index in [0.29, 0.717) is 25.4 Å². The molecule has 0 unspecified atom stereocenters. The van der Waals surface area contributed by atoms with Crippen LogP contribution >= 0.6 is 0 Å². The molecule has 0 aliphatic carbocycles. The van der Waals surface area contributed by atoms with Crippen molar-refractivity contribution in [3.63, 3.8) is 0 Å². The summed E-state index contributed by atoms with van der Waals surface area (Å²) < 4.78 is 10.3. The van der Waals surface area contributed by atoms with E-state index in [9.17, 15) is 4.79 Å². The van der Waals surface area contributed by atoms with Gasteiger partial charge in [0.25, 0.3) is 0 Å². The molecule has 0 radical (unpaired) electrons. The number of anilines is 1. The quantitative estimate of drug-likeness (QED) is 0.863. The minimum atomic E-state index is -0.324. The highest BCUT2D eigenvalue weighted by molar-refractivity contribution is 5.90. The number of nitrogens with zero attached hydrogens (tertiary/aromatic N) is 1. The number of hydrogen-bond donors (Lipinski definition) is 1. The van der Waals surface area contributed by atoms with Crippen LogP contribution in [0.4, 0.5) is 10.5 Å². The van der Waals surface area contributed by atoms with Crippen molar-refractivity contribution in [2.75, 3.05) is 25.2 Å². The van der Waals surface area contributed by atoms with Crippen LogP contribution in [0.1, 0.15) is 12.0 Å². The van der Waals surface area contributed by atoms with E-state index in [1.165, 1.54) is 0 Å². The predicted molar refractivity (Wildman–Crippen MR) is 64.2 cm³/mol. The molecular formula is C12H16N2O3. The van der Waals surface area contributed by atoms with Gasteiger partial charge in [0.15, 0.2) is 0 Å². The summed E-state index contributed by atoms with van der Waals surface area (Å²) in [7, 11) is 1.58. The Hall–Kier alpha value is -1.75. The van der Waals surface area contributed by atoms with Gasteiger partial charge in [0.1, 0.15) is 5.75 Å². The lowest BCUT2D eigenvalue weighted by Gasteiger charge is -2.27. The van der Waals surface area contributed by atoms with Crippen molar-refractivity contribution in [3.8, 4) is 5.75 Å². The van der Waals surface area contributed by atoms with Gasteiger partial charge in [-0.25, -0.2) is 4.79 Å². The number of amides is 1. The summed E-state index contributed by atoms with van der Waals surface area (Å²) in [5, 5.41) is 0. The van der Waals surface area contributed by atoms with Crippen molar-refractivity contribution in [1.29, 1.82) is 0 Å². The van der Waals surface area contributed by atoms with E-state index in [0.717, 1.165) is 17.7 Å². The maximum absolute atomic E-state index is 11.6. The molecular weight excluding hydrogens is 220 g/mol. The van der Waals surface area contributed by atoms with Gasteiger partial charge in [-0.15, -0.1) is 0 Å². The third kappa shape index (κ3) is 2.34. The number of hydrogen-bond acceptors (Lipinski definition) is 4. The highest BCUT2D eigenvalue weighted by atomic mass is 16.6. The van der Waals surface area contributed by atoms with E-state index in [1.807, 2.05) is 18.2 Å². The van der Waals surface area contributed by atoms with Gasteiger partial charge in [0.2, 0.25) is 0 Å². The molecule has 0 aromatic heterocycles.